The van der Waals surface area contributed by atoms with Crippen LogP contribution in [0.5, 0.6) is 0 Å². The first kappa shape index (κ1) is 16.5. The minimum Gasteiger partial charge on any atom is -0.377 e. The second kappa shape index (κ2) is 9.35. The Morgan fingerprint density at radius 1 is 1.21 bits per heavy atom. The number of likely N-dealkylation sites (tertiary alicyclic amines) is 1. The van der Waals surface area contributed by atoms with E-state index in [1.165, 1.54) is 37.9 Å². The molecule has 0 amide bonds. The van der Waals surface area contributed by atoms with E-state index in [9.17, 15) is 0 Å². The van der Waals surface area contributed by atoms with Crippen molar-refractivity contribution in [3.05, 3.63) is 35.9 Å². The van der Waals surface area contributed by atoms with Gasteiger partial charge in [0.2, 0.25) is 0 Å². The monoisotopic (exact) mass is 283 g/mol. The van der Waals surface area contributed by atoms with Gasteiger partial charge in [0.25, 0.3) is 0 Å². The van der Waals surface area contributed by atoms with Crippen LogP contribution >= 0.6 is 12.4 Å². The van der Waals surface area contributed by atoms with Crippen molar-refractivity contribution in [1.29, 1.82) is 0 Å². The van der Waals surface area contributed by atoms with Gasteiger partial charge in [0.15, 0.2) is 0 Å². The molecule has 0 N–H and O–H groups in total. The quantitative estimate of drug-likeness (QED) is 0.735. The molecule has 2 nitrogen and oxygen atoms in total. The number of halogens is 1. The van der Waals surface area contributed by atoms with Gasteiger partial charge in [-0.1, -0.05) is 36.8 Å². The standard InChI is InChI=1S/C16H25NO.ClH/c1-15-8-5-6-11-17(15)12-7-13-18-14-16-9-3-2-4-10-16;/h2-4,9-10,15H,5-8,11-14H2,1H3;1H. The van der Waals surface area contributed by atoms with Crippen LogP contribution in [0.15, 0.2) is 30.3 Å². The van der Waals surface area contributed by atoms with Crippen LogP contribution in [0.4, 0.5) is 0 Å². The van der Waals surface area contributed by atoms with Crippen LogP contribution in [0.3, 0.4) is 0 Å². The predicted octanol–water partition coefficient (Wildman–Crippen LogP) is 3.89. The van der Waals surface area contributed by atoms with Gasteiger partial charge in [-0.05, 0) is 38.3 Å². The van der Waals surface area contributed by atoms with Crippen molar-refractivity contribution in [3.8, 4) is 0 Å². The maximum Gasteiger partial charge on any atom is 0.0716 e. The molecule has 0 radical (unpaired) electrons. The van der Waals surface area contributed by atoms with E-state index in [0.717, 1.165) is 25.7 Å². The zero-order valence-corrected chi connectivity index (χ0v) is 12.7. The summed E-state index contributed by atoms with van der Waals surface area (Å²) in [4.78, 5) is 2.61. The lowest BCUT2D eigenvalue weighted by Gasteiger charge is -2.33. The third-order valence-corrected chi connectivity index (χ3v) is 3.79. The third kappa shape index (κ3) is 5.94. The van der Waals surface area contributed by atoms with Crippen LogP contribution in [0, 0.1) is 0 Å². The lowest BCUT2D eigenvalue weighted by Crippen LogP contribution is -2.38. The molecule has 1 heterocycles. The molecule has 1 aliphatic rings. The molecule has 1 aromatic carbocycles. The number of ether oxygens (including phenoxy) is 1. The molecule has 3 heteroatoms. The third-order valence-electron chi connectivity index (χ3n) is 3.79. The van der Waals surface area contributed by atoms with Gasteiger partial charge in [-0.3, -0.25) is 0 Å². The number of nitrogens with zero attached hydrogens (tertiary/aromatic N) is 1. The van der Waals surface area contributed by atoms with E-state index in [-0.39, 0.29) is 12.4 Å². The fraction of sp³-hybridized carbons (Fsp3) is 0.625. The molecule has 0 aromatic heterocycles. The van der Waals surface area contributed by atoms with Gasteiger partial charge in [0.1, 0.15) is 0 Å². The summed E-state index contributed by atoms with van der Waals surface area (Å²) in [6, 6.07) is 11.2. The lowest BCUT2D eigenvalue weighted by molar-refractivity contribution is 0.0943. The zero-order chi connectivity index (χ0) is 12.6. The van der Waals surface area contributed by atoms with E-state index in [1.54, 1.807) is 0 Å². The normalized spacial score (nSPS) is 19.9. The highest BCUT2D eigenvalue weighted by atomic mass is 35.5. The highest BCUT2D eigenvalue weighted by molar-refractivity contribution is 5.85. The molecule has 1 saturated heterocycles. The molecule has 1 aliphatic heterocycles. The van der Waals surface area contributed by atoms with Crippen LogP contribution in [0.2, 0.25) is 0 Å². The topological polar surface area (TPSA) is 12.5 Å². The van der Waals surface area contributed by atoms with E-state index >= 15 is 0 Å². The summed E-state index contributed by atoms with van der Waals surface area (Å²) in [5, 5.41) is 0. The van der Waals surface area contributed by atoms with E-state index in [0.29, 0.717) is 0 Å². The van der Waals surface area contributed by atoms with Crippen molar-refractivity contribution < 1.29 is 4.74 Å². The number of hydrogen-bond donors (Lipinski definition) is 0. The summed E-state index contributed by atoms with van der Waals surface area (Å²) in [7, 11) is 0. The molecule has 0 aliphatic carbocycles. The summed E-state index contributed by atoms with van der Waals surface area (Å²) in [6.45, 7) is 6.44. The van der Waals surface area contributed by atoms with Crippen molar-refractivity contribution in [2.45, 2.75) is 45.3 Å². The highest BCUT2D eigenvalue weighted by Gasteiger charge is 2.16. The smallest absolute Gasteiger partial charge is 0.0716 e. The molecule has 1 fully saturated rings. The Labute approximate surface area is 123 Å². The SMILES string of the molecule is CC1CCCCN1CCCOCc1ccccc1.Cl. The van der Waals surface area contributed by atoms with Crippen LogP contribution < -0.4 is 0 Å². The van der Waals surface area contributed by atoms with Gasteiger partial charge in [0.05, 0.1) is 6.61 Å². The lowest BCUT2D eigenvalue weighted by atomic mass is 10.0. The number of benzene rings is 1. The van der Waals surface area contributed by atoms with Gasteiger partial charge in [-0.15, -0.1) is 12.4 Å². The van der Waals surface area contributed by atoms with Crippen LogP contribution in [-0.2, 0) is 11.3 Å². The summed E-state index contributed by atoms with van der Waals surface area (Å²) >= 11 is 0. The fourth-order valence-corrected chi connectivity index (χ4v) is 2.62. The highest BCUT2D eigenvalue weighted by Crippen LogP contribution is 2.16. The maximum absolute atomic E-state index is 5.72. The molecule has 108 valence electrons. The summed E-state index contributed by atoms with van der Waals surface area (Å²) < 4.78 is 5.72. The Kier molecular flexibility index (Phi) is 8.11. The Balaban J connectivity index is 0.00000180. The Morgan fingerprint density at radius 2 is 2.00 bits per heavy atom. The Morgan fingerprint density at radius 3 is 2.74 bits per heavy atom. The maximum atomic E-state index is 5.72. The van der Waals surface area contributed by atoms with Crippen molar-refractivity contribution >= 4 is 12.4 Å². The van der Waals surface area contributed by atoms with Crippen LogP contribution in [-0.4, -0.2) is 30.6 Å². The number of hydrogen-bond acceptors (Lipinski definition) is 2. The Hall–Kier alpha value is -0.570. The van der Waals surface area contributed by atoms with E-state index in [4.69, 9.17) is 4.74 Å². The Bertz CT molecular complexity index is 331. The molecule has 1 aromatic rings. The van der Waals surface area contributed by atoms with Crippen molar-refractivity contribution in [2.24, 2.45) is 0 Å². The molecule has 0 saturated carbocycles. The first-order valence-corrected chi connectivity index (χ1v) is 7.22. The van der Waals surface area contributed by atoms with Crippen molar-refractivity contribution in [2.75, 3.05) is 19.7 Å². The van der Waals surface area contributed by atoms with Gasteiger partial charge >= 0.3 is 0 Å². The van der Waals surface area contributed by atoms with Crippen molar-refractivity contribution in [3.63, 3.8) is 0 Å². The largest absolute Gasteiger partial charge is 0.377 e. The van der Waals surface area contributed by atoms with Gasteiger partial charge < -0.3 is 9.64 Å². The van der Waals surface area contributed by atoms with Crippen LogP contribution in [0.25, 0.3) is 0 Å². The van der Waals surface area contributed by atoms with E-state index < -0.39 is 0 Å². The zero-order valence-electron chi connectivity index (χ0n) is 11.9. The first-order valence-electron chi connectivity index (χ1n) is 7.22. The summed E-state index contributed by atoms with van der Waals surface area (Å²) in [5.74, 6) is 0. The average molecular weight is 284 g/mol. The molecule has 0 bridgehead atoms. The predicted molar refractivity (Wildman–Crippen MR) is 82.8 cm³/mol. The van der Waals surface area contributed by atoms with Gasteiger partial charge in [-0.25, -0.2) is 0 Å². The summed E-state index contributed by atoms with van der Waals surface area (Å²) in [5.41, 5.74) is 1.27. The first-order chi connectivity index (χ1) is 8.86. The molecule has 0 spiro atoms. The minimum absolute atomic E-state index is 0. The van der Waals surface area contributed by atoms with Crippen LogP contribution in [0.1, 0.15) is 38.2 Å². The van der Waals surface area contributed by atoms with Crippen molar-refractivity contribution in [1.82, 2.24) is 4.90 Å². The molecule has 1 unspecified atom stereocenters. The number of piperidine rings is 1. The fourth-order valence-electron chi connectivity index (χ4n) is 2.62. The molecular weight excluding hydrogens is 258 g/mol. The van der Waals surface area contributed by atoms with E-state index in [1.807, 2.05) is 6.07 Å². The average Bonchev–Trinajstić information content (AvgIpc) is 2.42. The minimum atomic E-state index is 0. The van der Waals surface area contributed by atoms with Gasteiger partial charge in [0, 0.05) is 19.2 Å². The number of rotatable bonds is 6. The molecule has 2 rings (SSSR count). The van der Waals surface area contributed by atoms with Gasteiger partial charge in [-0.2, -0.15) is 0 Å². The molecular formula is C16H26ClNO. The molecule has 1 atom stereocenters. The second-order valence-electron chi connectivity index (χ2n) is 5.27. The molecule has 19 heavy (non-hydrogen) atoms. The summed E-state index contributed by atoms with van der Waals surface area (Å²) in [6.07, 6.45) is 5.29. The second-order valence-corrected chi connectivity index (χ2v) is 5.27. The van der Waals surface area contributed by atoms with E-state index in [2.05, 4.69) is 36.1 Å².